The molecule has 0 atom stereocenters. The van der Waals surface area contributed by atoms with Gasteiger partial charge >= 0.3 is 16.1 Å². The second-order valence-electron chi connectivity index (χ2n) is 9.27. The molecule has 1 aliphatic rings. The van der Waals surface area contributed by atoms with Crippen LogP contribution in [0.25, 0.3) is 6.08 Å². The van der Waals surface area contributed by atoms with E-state index in [4.69, 9.17) is 25.3 Å². The number of aryl methyl sites for hydroxylation is 1. The molecular weight excluding hydrogens is 584 g/mol. The molecule has 1 fully saturated rings. The summed E-state index contributed by atoms with van der Waals surface area (Å²) in [6, 6.07) is 14.2. The highest BCUT2D eigenvalue weighted by molar-refractivity contribution is 7.87. The van der Waals surface area contributed by atoms with Gasteiger partial charge in [0.15, 0.2) is 5.75 Å². The molecule has 1 aliphatic heterocycles. The topological polar surface area (TPSA) is 128 Å². The van der Waals surface area contributed by atoms with Crippen LogP contribution >= 0.6 is 11.6 Å². The quantitative estimate of drug-likeness (QED) is 0.127. The molecule has 3 aromatic rings. The Balaban J connectivity index is 1.64. The Morgan fingerprint density at radius 3 is 2.29 bits per heavy atom. The maximum absolute atomic E-state index is 13.4. The van der Waals surface area contributed by atoms with Crippen molar-refractivity contribution in [2.75, 3.05) is 18.1 Å². The van der Waals surface area contributed by atoms with E-state index in [9.17, 15) is 22.8 Å². The molecule has 1 N–H and O–H groups in total. The van der Waals surface area contributed by atoms with Crippen LogP contribution in [0.15, 0.2) is 71.1 Å². The lowest BCUT2D eigenvalue weighted by molar-refractivity contribution is -0.122. The number of nitrogens with zero attached hydrogens (tertiary/aromatic N) is 1. The van der Waals surface area contributed by atoms with Crippen molar-refractivity contribution in [2.45, 2.75) is 38.5 Å². The van der Waals surface area contributed by atoms with Gasteiger partial charge in [0.05, 0.1) is 23.9 Å². The summed E-state index contributed by atoms with van der Waals surface area (Å²) in [5, 5.41) is 2.02. The summed E-state index contributed by atoms with van der Waals surface area (Å²) in [6.07, 6.45) is 3.09. The number of urea groups is 1. The molecule has 3 aromatic carbocycles. The number of imide groups is 2. The fourth-order valence-corrected chi connectivity index (χ4v) is 5.22. The Hall–Kier alpha value is -4.35. The number of benzene rings is 3. The second kappa shape index (κ2) is 13.1. The van der Waals surface area contributed by atoms with Crippen LogP contribution < -0.4 is 23.9 Å². The molecule has 0 aromatic heterocycles. The molecule has 1 heterocycles. The van der Waals surface area contributed by atoms with Crippen molar-refractivity contribution in [1.82, 2.24) is 5.32 Å². The van der Waals surface area contributed by atoms with E-state index < -0.39 is 28.0 Å². The van der Waals surface area contributed by atoms with Gasteiger partial charge in [0, 0.05) is 0 Å². The van der Waals surface area contributed by atoms with Crippen LogP contribution in [0.2, 0.25) is 5.02 Å². The third kappa shape index (κ3) is 6.92. The lowest BCUT2D eigenvalue weighted by Gasteiger charge is -2.26. The fourth-order valence-electron chi connectivity index (χ4n) is 3.96. The van der Waals surface area contributed by atoms with Crippen LogP contribution in [-0.4, -0.2) is 39.5 Å². The van der Waals surface area contributed by atoms with E-state index in [1.54, 1.807) is 31.2 Å². The van der Waals surface area contributed by atoms with E-state index in [2.05, 4.69) is 5.32 Å². The zero-order valence-electron chi connectivity index (χ0n) is 23.2. The third-order valence-electron chi connectivity index (χ3n) is 6.11. The van der Waals surface area contributed by atoms with Crippen molar-refractivity contribution in [3.63, 3.8) is 0 Å². The van der Waals surface area contributed by atoms with Gasteiger partial charge < -0.3 is 13.7 Å². The number of hydrogen-bond donors (Lipinski definition) is 1. The highest BCUT2D eigenvalue weighted by atomic mass is 35.5. The summed E-state index contributed by atoms with van der Waals surface area (Å²) in [6.45, 7) is 6.22. The molecule has 10 nitrogen and oxygen atoms in total. The van der Waals surface area contributed by atoms with Gasteiger partial charge in [0.1, 0.15) is 16.2 Å². The predicted molar refractivity (Wildman–Crippen MR) is 157 cm³/mol. The first kappa shape index (κ1) is 30.6. The number of amides is 4. The number of anilines is 1. The first-order chi connectivity index (χ1) is 20.0. The maximum atomic E-state index is 13.4. The summed E-state index contributed by atoms with van der Waals surface area (Å²) >= 11 is 6.43. The van der Waals surface area contributed by atoms with Gasteiger partial charge in [-0.2, -0.15) is 8.42 Å². The molecule has 4 amide bonds. The van der Waals surface area contributed by atoms with Crippen LogP contribution in [-0.2, 0) is 19.7 Å². The SMILES string of the molecule is CCCCOc1ccc(N2C(=O)NC(=O)/C(=C/c3cc(Cl)c(OS(=O)(=O)c4ccc(C)cc4)c(OCC)c3)C2=O)cc1. The number of nitrogens with one attached hydrogen (secondary N) is 1. The molecule has 42 heavy (non-hydrogen) atoms. The van der Waals surface area contributed by atoms with E-state index >= 15 is 0 Å². The number of ether oxygens (including phenoxy) is 2. The summed E-state index contributed by atoms with van der Waals surface area (Å²) in [7, 11) is -4.26. The van der Waals surface area contributed by atoms with E-state index in [1.807, 2.05) is 13.8 Å². The first-order valence-corrected chi connectivity index (χ1v) is 14.9. The minimum Gasteiger partial charge on any atom is -0.494 e. The molecular formula is C30H29ClN2O8S. The number of halogens is 1. The van der Waals surface area contributed by atoms with Crippen LogP contribution in [0, 0.1) is 6.92 Å². The molecule has 0 radical (unpaired) electrons. The smallest absolute Gasteiger partial charge is 0.339 e. The third-order valence-corrected chi connectivity index (χ3v) is 7.62. The van der Waals surface area contributed by atoms with Crippen molar-refractivity contribution in [1.29, 1.82) is 0 Å². The predicted octanol–water partition coefficient (Wildman–Crippen LogP) is 5.66. The lowest BCUT2D eigenvalue weighted by atomic mass is 10.1. The van der Waals surface area contributed by atoms with Crippen molar-refractivity contribution >= 4 is 51.3 Å². The zero-order valence-corrected chi connectivity index (χ0v) is 24.8. The Morgan fingerprint density at radius 1 is 0.952 bits per heavy atom. The highest BCUT2D eigenvalue weighted by Crippen LogP contribution is 2.39. The van der Waals surface area contributed by atoms with Crippen molar-refractivity contribution in [3.05, 3.63) is 82.4 Å². The van der Waals surface area contributed by atoms with Crippen molar-refractivity contribution in [2.24, 2.45) is 0 Å². The molecule has 0 aliphatic carbocycles. The number of hydrogen-bond acceptors (Lipinski definition) is 8. The van der Waals surface area contributed by atoms with Gasteiger partial charge in [-0.1, -0.05) is 42.6 Å². The standard InChI is InChI=1S/C30H29ClN2O8S/c1-4-6-15-40-22-11-9-21(10-12-22)33-29(35)24(28(34)32-30(33)36)16-20-17-25(31)27(26(18-20)39-5-2)41-42(37,38)23-13-7-19(3)8-14-23/h7-14,16-18H,4-6,15H2,1-3H3,(H,32,34,36)/b24-16-. The van der Waals surface area contributed by atoms with Gasteiger partial charge in [0.2, 0.25) is 5.75 Å². The average molecular weight is 613 g/mol. The summed E-state index contributed by atoms with van der Waals surface area (Å²) in [4.78, 5) is 39.4. The Bertz CT molecular complexity index is 1630. The van der Waals surface area contributed by atoms with Gasteiger partial charge in [-0.15, -0.1) is 0 Å². The number of rotatable bonds is 11. The highest BCUT2D eigenvalue weighted by Gasteiger charge is 2.37. The van der Waals surface area contributed by atoms with Gasteiger partial charge in [-0.3, -0.25) is 14.9 Å². The van der Waals surface area contributed by atoms with Gasteiger partial charge in [-0.25, -0.2) is 9.69 Å². The fraction of sp³-hybridized carbons (Fsp3) is 0.233. The van der Waals surface area contributed by atoms with Gasteiger partial charge in [-0.05, 0) is 80.4 Å². The van der Waals surface area contributed by atoms with Crippen LogP contribution in [0.4, 0.5) is 10.5 Å². The molecule has 220 valence electrons. The molecule has 0 spiro atoms. The summed E-state index contributed by atoms with van der Waals surface area (Å²) in [5.74, 6) is -1.47. The monoisotopic (exact) mass is 612 g/mol. The van der Waals surface area contributed by atoms with Crippen LogP contribution in [0.1, 0.15) is 37.8 Å². The average Bonchev–Trinajstić information content (AvgIpc) is 2.94. The summed E-state index contributed by atoms with van der Waals surface area (Å²) < 4.78 is 42.4. The molecule has 12 heteroatoms. The molecule has 0 unspecified atom stereocenters. The maximum Gasteiger partial charge on any atom is 0.339 e. The molecule has 0 saturated carbocycles. The molecule has 1 saturated heterocycles. The first-order valence-electron chi connectivity index (χ1n) is 13.2. The van der Waals surface area contributed by atoms with Crippen molar-refractivity contribution < 1.29 is 36.5 Å². The lowest BCUT2D eigenvalue weighted by Crippen LogP contribution is -2.54. The zero-order chi connectivity index (χ0) is 30.4. The molecule has 0 bridgehead atoms. The van der Waals surface area contributed by atoms with E-state index in [-0.39, 0.29) is 44.8 Å². The largest absolute Gasteiger partial charge is 0.494 e. The molecule has 4 rings (SSSR count). The number of barbiturate groups is 1. The van der Waals surface area contributed by atoms with E-state index in [1.165, 1.54) is 42.5 Å². The minimum atomic E-state index is -4.26. The second-order valence-corrected chi connectivity index (χ2v) is 11.2. The van der Waals surface area contributed by atoms with E-state index in [0.717, 1.165) is 23.3 Å². The number of carbonyl (C=O) groups is 3. The van der Waals surface area contributed by atoms with Gasteiger partial charge in [0.25, 0.3) is 11.8 Å². The number of unbranched alkanes of at least 4 members (excludes halogenated alkanes) is 1. The van der Waals surface area contributed by atoms with Crippen molar-refractivity contribution in [3.8, 4) is 17.2 Å². The summed E-state index contributed by atoms with van der Waals surface area (Å²) in [5.41, 5.74) is 0.986. The normalized spacial score (nSPS) is 14.6. The Labute approximate surface area is 249 Å². The van der Waals surface area contributed by atoms with E-state index in [0.29, 0.717) is 12.4 Å². The van der Waals surface area contributed by atoms with Crippen LogP contribution in [0.5, 0.6) is 17.2 Å². The Morgan fingerprint density at radius 2 is 1.64 bits per heavy atom. The minimum absolute atomic E-state index is 0.0252. The van der Waals surface area contributed by atoms with Crippen LogP contribution in [0.3, 0.4) is 0 Å². The Kier molecular flexibility index (Phi) is 9.54. The number of carbonyl (C=O) groups excluding carboxylic acids is 3.